The third-order valence-electron chi connectivity index (χ3n) is 12.0. The lowest BCUT2D eigenvalue weighted by Gasteiger charge is -2.63. The maximum Gasteiger partial charge on any atom is 0.305 e. The molecule has 6 heteroatoms. The van der Waals surface area contributed by atoms with Crippen molar-refractivity contribution in [1.29, 1.82) is 0 Å². The van der Waals surface area contributed by atoms with E-state index in [1.807, 2.05) is 0 Å². The quantitative estimate of drug-likeness (QED) is 0.263. The van der Waals surface area contributed by atoms with E-state index in [2.05, 4.69) is 50.6 Å². The molecule has 0 aromatic rings. The maximum atomic E-state index is 12.5. The summed E-state index contributed by atoms with van der Waals surface area (Å²) in [6, 6.07) is 1.42. The van der Waals surface area contributed by atoms with Crippen molar-refractivity contribution >= 4 is 11.9 Å². The van der Waals surface area contributed by atoms with Gasteiger partial charge in [-0.3, -0.25) is 9.59 Å². The van der Waals surface area contributed by atoms with Gasteiger partial charge in [0, 0.05) is 44.6 Å². The minimum atomic E-state index is -0.0847. The molecule has 218 valence electrons. The number of nitrogens with one attached hydrogen (secondary N) is 3. The van der Waals surface area contributed by atoms with Crippen molar-refractivity contribution in [2.75, 3.05) is 20.2 Å². The van der Waals surface area contributed by atoms with Crippen LogP contribution in [-0.4, -0.2) is 50.2 Å². The van der Waals surface area contributed by atoms with Gasteiger partial charge in [0.1, 0.15) is 0 Å². The number of carbonyl (C=O) groups excluding carboxylic acids is 2. The van der Waals surface area contributed by atoms with E-state index in [9.17, 15) is 9.59 Å². The highest BCUT2D eigenvalue weighted by Gasteiger charge is 2.63. The predicted molar refractivity (Wildman–Crippen MR) is 154 cm³/mol. The van der Waals surface area contributed by atoms with Gasteiger partial charge in [-0.25, -0.2) is 0 Å². The second-order valence-corrected chi connectivity index (χ2v) is 14.4. The number of esters is 1. The van der Waals surface area contributed by atoms with Crippen molar-refractivity contribution in [3.63, 3.8) is 0 Å². The van der Waals surface area contributed by atoms with Crippen molar-refractivity contribution in [2.24, 2.45) is 46.3 Å². The topological polar surface area (TPSA) is 79.5 Å². The number of amides is 1. The van der Waals surface area contributed by atoms with E-state index in [-0.39, 0.29) is 11.9 Å². The fourth-order valence-corrected chi connectivity index (χ4v) is 10.1. The molecule has 3 unspecified atom stereocenters. The van der Waals surface area contributed by atoms with Crippen molar-refractivity contribution in [2.45, 2.75) is 124 Å². The van der Waals surface area contributed by atoms with Gasteiger partial charge in [-0.15, -0.1) is 0 Å². The summed E-state index contributed by atoms with van der Waals surface area (Å²) >= 11 is 0. The Bertz CT molecular complexity index is 833. The van der Waals surface area contributed by atoms with Gasteiger partial charge in [0.25, 0.3) is 0 Å². The zero-order chi connectivity index (χ0) is 27.7. The number of fused-ring (bicyclic) bond motifs is 5. The first-order valence-electron chi connectivity index (χ1n) is 15.8. The van der Waals surface area contributed by atoms with Gasteiger partial charge in [0.2, 0.25) is 5.91 Å². The minimum absolute atomic E-state index is 0.0847. The van der Waals surface area contributed by atoms with Crippen LogP contribution in [0.25, 0.3) is 0 Å². The van der Waals surface area contributed by atoms with E-state index in [0.717, 1.165) is 25.9 Å². The lowest BCUT2D eigenvalue weighted by Crippen LogP contribution is -2.62. The van der Waals surface area contributed by atoms with Crippen LogP contribution >= 0.6 is 0 Å². The zero-order valence-corrected chi connectivity index (χ0v) is 25.4. The first-order chi connectivity index (χ1) is 18.0. The number of hydrogen-bond acceptors (Lipinski definition) is 5. The van der Waals surface area contributed by atoms with Gasteiger partial charge >= 0.3 is 5.97 Å². The fraction of sp³-hybridized carbons (Fsp3) is 0.938. The molecule has 4 rings (SSSR count). The number of rotatable bonds is 10. The Morgan fingerprint density at radius 2 is 1.66 bits per heavy atom. The van der Waals surface area contributed by atoms with E-state index >= 15 is 0 Å². The molecule has 4 saturated carbocycles. The lowest BCUT2D eigenvalue weighted by molar-refractivity contribution is -0.142. The number of carbonyl (C=O) groups is 2. The molecule has 4 aliphatic rings. The molecule has 0 heterocycles. The van der Waals surface area contributed by atoms with Crippen LogP contribution in [0.3, 0.4) is 0 Å². The number of methoxy groups -OCH3 is 1. The van der Waals surface area contributed by atoms with E-state index in [4.69, 9.17) is 4.74 Å². The van der Waals surface area contributed by atoms with Gasteiger partial charge in [-0.2, -0.15) is 0 Å². The maximum absolute atomic E-state index is 12.5. The molecule has 0 saturated heterocycles. The molecule has 4 aliphatic carbocycles. The van der Waals surface area contributed by atoms with Crippen molar-refractivity contribution in [3.05, 3.63) is 0 Å². The largest absolute Gasteiger partial charge is 0.469 e. The van der Waals surface area contributed by atoms with Gasteiger partial charge in [-0.05, 0) is 104 Å². The molecule has 0 aromatic heterocycles. The summed E-state index contributed by atoms with van der Waals surface area (Å²) in [4.78, 5) is 24.3. The fourth-order valence-electron chi connectivity index (χ4n) is 10.1. The Hall–Kier alpha value is -1.14. The molecule has 3 N–H and O–H groups in total. The van der Waals surface area contributed by atoms with E-state index in [0.29, 0.717) is 70.9 Å². The summed E-state index contributed by atoms with van der Waals surface area (Å²) in [7, 11) is 1.49. The van der Waals surface area contributed by atoms with Gasteiger partial charge in [0.05, 0.1) is 7.11 Å². The molecule has 4 fully saturated rings. The summed E-state index contributed by atoms with van der Waals surface area (Å²) in [5.41, 5.74) is 0.683. The molecular formula is C32H57N3O3. The van der Waals surface area contributed by atoms with Crippen LogP contribution < -0.4 is 16.0 Å². The van der Waals surface area contributed by atoms with Crippen LogP contribution in [0.5, 0.6) is 0 Å². The Labute approximate surface area is 232 Å². The summed E-state index contributed by atoms with van der Waals surface area (Å²) < 4.78 is 4.94. The molecular weight excluding hydrogens is 474 g/mol. The normalized spacial score (nSPS) is 41.1. The van der Waals surface area contributed by atoms with Crippen LogP contribution in [0, 0.1) is 46.3 Å². The van der Waals surface area contributed by atoms with Crippen molar-refractivity contribution in [3.8, 4) is 0 Å². The van der Waals surface area contributed by atoms with Crippen molar-refractivity contribution in [1.82, 2.24) is 16.0 Å². The molecule has 1 amide bonds. The van der Waals surface area contributed by atoms with Crippen LogP contribution in [0.15, 0.2) is 0 Å². The molecule has 0 spiro atoms. The SMILES string of the molecule is COC(=O)CC[C@@H](C)[C@H]1CCC2C3C(CC[C@@]21C)[C@@]1(C)CC[C@@H](NCCNC(C)C)C[C@@H]1C[C@H]3NC(C)=O. The van der Waals surface area contributed by atoms with Crippen LogP contribution in [-0.2, 0) is 14.3 Å². The standard InChI is InChI=1S/C32H57N3O3/c1-20(2)33-16-17-34-24-12-14-31(5)23(18-24)19-28(35-22(4)36)30-26-10-9-25(21(3)8-11-29(37)38-7)32(26,6)15-13-27(30)31/h20-21,23-28,30,33-34H,8-19H2,1-7H3,(H,35,36)/t21-,23-,24-,25-,26?,27?,28-,30?,31+,32-/m1/s1. The Morgan fingerprint density at radius 3 is 2.34 bits per heavy atom. The minimum Gasteiger partial charge on any atom is -0.469 e. The number of hydrogen-bond donors (Lipinski definition) is 3. The summed E-state index contributed by atoms with van der Waals surface area (Å²) in [6.45, 7) is 15.7. The third-order valence-corrected chi connectivity index (χ3v) is 12.0. The van der Waals surface area contributed by atoms with E-state index < -0.39 is 0 Å². The summed E-state index contributed by atoms with van der Waals surface area (Å²) in [5, 5.41) is 10.9. The molecule has 0 aromatic carbocycles. The molecule has 38 heavy (non-hydrogen) atoms. The first-order valence-corrected chi connectivity index (χ1v) is 15.8. The Kier molecular flexibility index (Phi) is 9.55. The van der Waals surface area contributed by atoms with E-state index in [1.165, 1.54) is 52.1 Å². The summed E-state index contributed by atoms with van der Waals surface area (Å²) in [5.74, 6) is 3.85. The van der Waals surface area contributed by atoms with Gasteiger partial charge in [-0.1, -0.05) is 34.6 Å². The molecule has 10 atom stereocenters. The lowest BCUT2D eigenvalue weighted by atomic mass is 9.43. The number of ether oxygens (including phenoxy) is 1. The first kappa shape index (κ1) is 29.8. The summed E-state index contributed by atoms with van der Waals surface area (Å²) in [6.07, 6.45) is 11.5. The van der Waals surface area contributed by atoms with Crippen LogP contribution in [0.1, 0.15) is 106 Å². The van der Waals surface area contributed by atoms with Crippen LogP contribution in [0.2, 0.25) is 0 Å². The Morgan fingerprint density at radius 1 is 0.947 bits per heavy atom. The Balaban J connectivity index is 1.49. The highest BCUT2D eigenvalue weighted by atomic mass is 16.5. The molecule has 6 nitrogen and oxygen atoms in total. The average Bonchev–Trinajstić information content (AvgIpc) is 3.22. The molecule has 0 bridgehead atoms. The highest BCUT2D eigenvalue weighted by molar-refractivity contribution is 5.73. The van der Waals surface area contributed by atoms with Gasteiger partial charge < -0.3 is 20.7 Å². The smallest absolute Gasteiger partial charge is 0.305 e. The predicted octanol–water partition coefficient (Wildman–Crippen LogP) is 5.31. The second-order valence-electron chi connectivity index (χ2n) is 14.4. The zero-order valence-electron chi connectivity index (χ0n) is 25.4. The monoisotopic (exact) mass is 531 g/mol. The van der Waals surface area contributed by atoms with Crippen LogP contribution in [0.4, 0.5) is 0 Å². The van der Waals surface area contributed by atoms with Crippen molar-refractivity contribution < 1.29 is 14.3 Å². The van der Waals surface area contributed by atoms with E-state index in [1.54, 1.807) is 6.92 Å². The highest BCUT2D eigenvalue weighted by Crippen LogP contribution is 2.68. The molecule has 0 radical (unpaired) electrons. The average molecular weight is 532 g/mol. The second kappa shape index (κ2) is 12.2. The van der Waals surface area contributed by atoms with Gasteiger partial charge in [0.15, 0.2) is 0 Å². The third kappa shape index (κ3) is 5.96. The molecule has 0 aliphatic heterocycles.